The van der Waals surface area contributed by atoms with E-state index in [1.54, 1.807) is 6.20 Å². The van der Waals surface area contributed by atoms with Crippen molar-refractivity contribution in [2.24, 2.45) is 0 Å². The number of thiocarbonyl (C=S) groups is 1. The Morgan fingerprint density at radius 2 is 2.23 bits per heavy atom. The summed E-state index contributed by atoms with van der Waals surface area (Å²) >= 11 is 5.56. The van der Waals surface area contributed by atoms with Crippen LogP contribution in [0.1, 0.15) is 36.3 Å². The average molecular weight is 372 g/mol. The van der Waals surface area contributed by atoms with E-state index in [0.29, 0.717) is 11.7 Å². The number of aromatic nitrogens is 2. The molecule has 0 amide bonds. The van der Waals surface area contributed by atoms with E-state index in [9.17, 15) is 5.11 Å². The number of nitrogens with zero attached hydrogens (tertiary/aromatic N) is 3. The Hall–Kier alpha value is -1.96. The van der Waals surface area contributed by atoms with Crippen LogP contribution in [-0.2, 0) is 11.3 Å². The predicted octanol–water partition coefficient (Wildman–Crippen LogP) is 2.03. The third-order valence-electron chi connectivity index (χ3n) is 5.13. The van der Waals surface area contributed by atoms with Crippen LogP contribution in [0.2, 0.25) is 0 Å². The lowest BCUT2D eigenvalue weighted by atomic mass is 10.0. The van der Waals surface area contributed by atoms with Crippen LogP contribution in [0.25, 0.3) is 0 Å². The van der Waals surface area contributed by atoms with Gasteiger partial charge in [0.15, 0.2) is 5.11 Å². The van der Waals surface area contributed by atoms with Crippen molar-refractivity contribution in [2.75, 3.05) is 19.8 Å². The third-order valence-corrected chi connectivity index (χ3v) is 5.48. The van der Waals surface area contributed by atoms with Gasteiger partial charge in [-0.25, -0.2) is 0 Å². The van der Waals surface area contributed by atoms with Crippen LogP contribution in [-0.4, -0.2) is 50.5 Å². The molecule has 2 saturated heterocycles. The Morgan fingerprint density at radius 1 is 1.31 bits per heavy atom. The predicted molar refractivity (Wildman–Crippen MR) is 103 cm³/mol. The van der Waals surface area contributed by atoms with Crippen molar-refractivity contribution in [3.8, 4) is 0 Å². The molecule has 2 aromatic rings. The number of aliphatic hydroxyl groups is 1. The van der Waals surface area contributed by atoms with E-state index in [-0.39, 0.29) is 24.8 Å². The normalized spacial score (nSPS) is 25.7. The zero-order chi connectivity index (χ0) is 17.9. The molecule has 0 aliphatic carbocycles. The maximum absolute atomic E-state index is 9.54. The van der Waals surface area contributed by atoms with E-state index < -0.39 is 0 Å². The quantitative estimate of drug-likeness (QED) is 0.757. The van der Waals surface area contributed by atoms with Gasteiger partial charge in [-0.05, 0) is 49.3 Å². The highest BCUT2D eigenvalue weighted by Crippen LogP contribution is 2.38. The molecule has 3 unspecified atom stereocenters. The van der Waals surface area contributed by atoms with Gasteiger partial charge in [0.25, 0.3) is 0 Å². The summed E-state index contributed by atoms with van der Waals surface area (Å²) in [5.74, 6) is 0. The summed E-state index contributed by atoms with van der Waals surface area (Å²) in [4.78, 5) is 6.60. The van der Waals surface area contributed by atoms with Gasteiger partial charge >= 0.3 is 0 Å². The van der Waals surface area contributed by atoms with E-state index in [1.807, 2.05) is 18.2 Å². The van der Waals surface area contributed by atoms with Gasteiger partial charge < -0.3 is 24.6 Å². The molecule has 2 aliphatic heterocycles. The van der Waals surface area contributed by atoms with Gasteiger partial charge in [0.2, 0.25) is 0 Å². The van der Waals surface area contributed by atoms with Crippen LogP contribution in [0, 0.1) is 0 Å². The highest BCUT2D eigenvalue weighted by molar-refractivity contribution is 7.80. The van der Waals surface area contributed by atoms with E-state index in [1.165, 1.54) is 0 Å². The monoisotopic (exact) mass is 372 g/mol. The van der Waals surface area contributed by atoms with Gasteiger partial charge in [-0.15, -0.1) is 0 Å². The molecule has 2 fully saturated rings. The topological polar surface area (TPSA) is 62.5 Å². The summed E-state index contributed by atoms with van der Waals surface area (Å²) in [6.45, 7) is 2.24. The van der Waals surface area contributed by atoms with Crippen LogP contribution < -0.4 is 5.32 Å². The van der Waals surface area contributed by atoms with Crippen LogP contribution >= 0.6 is 12.2 Å². The summed E-state index contributed by atoms with van der Waals surface area (Å²) in [5.41, 5.74) is 2.11. The first-order valence-corrected chi connectivity index (χ1v) is 9.54. The van der Waals surface area contributed by atoms with Gasteiger partial charge in [0, 0.05) is 37.8 Å². The Morgan fingerprint density at radius 3 is 2.96 bits per heavy atom. The molecule has 6 nitrogen and oxygen atoms in total. The van der Waals surface area contributed by atoms with Crippen molar-refractivity contribution >= 4 is 17.3 Å². The number of hydrogen-bond acceptors (Lipinski definition) is 4. The van der Waals surface area contributed by atoms with Crippen molar-refractivity contribution < 1.29 is 9.84 Å². The molecule has 26 heavy (non-hydrogen) atoms. The minimum atomic E-state index is -0.0478. The number of nitrogens with one attached hydrogen (secondary N) is 1. The average Bonchev–Trinajstić information content (AvgIpc) is 3.39. The van der Waals surface area contributed by atoms with Crippen LogP contribution in [0.3, 0.4) is 0 Å². The van der Waals surface area contributed by atoms with Crippen LogP contribution in [0.5, 0.6) is 0 Å². The molecule has 2 aromatic heterocycles. The molecule has 0 aromatic carbocycles. The van der Waals surface area contributed by atoms with Gasteiger partial charge in [0.05, 0.1) is 30.5 Å². The number of ether oxygens (including phenoxy) is 1. The first kappa shape index (κ1) is 17.5. The van der Waals surface area contributed by atoms with Gasteiger partial charge in [-0.3, -0.25) is 4.98 Å². The number of β-amino-alcohol motifs (C(OH)–C–C–N with tert-alkyl or cyclic N) is 1. The molecule has 4 heterocycles. The summed E-state index contributed by atoms with van der Waals surface area (Å²) in [5, 5.41) is 13.6. The molecule has 0 bridgehead atoms. The van der Waals surface area contributed by atoms with E-state index in [2.05, 4.69) is 38.1 Å². The molecule has 7 heteroatoms. The second-order valence-corrected chi connectivity index (χ2v) is 7.15. The van der Waals surface area contributed by atoms with Crippen LogP contribution in [0.4, 0.5) is 0 Å². The van der Waals surface area contributed by atoms with E-state index in [4.69, 9.17) is 17.0 Å². The van der Waals surface area contributed by atoms with Crippen molar-refractivity contribution in [3.63, 3.8) is 0 Å². The molecule has 2 aliphatic rings. The maximum Gasteiger partial charge on any atom is 0.170 e. The second-order valence-electron chi connectivity index (χ2n) is 6.76. The summed E-state index contributed by atoms with van der Waals surface area (Å²) in [7, 11) is 0. The largest absolute Gasteiger partial charge is 0.395 e. The number of pyridine rings is 1. The van der Waals surface area contributed by atoms with Crippen molar-refractivity contribution in [2.45, 2.75) is 37.6 Å². The molecule has 138 valence electrons. The number of hydrogen-bond donors (Lipinski definition) is 2. The Bertz CT molecular complexity index is 745. The van der Waals surface area contributed by atoms with E-state index in [0.717, 1.165) is 37.4 Å². The lowest BCUT2D eigenvalue weighted by Crippen LogP contribution is -2.33. The van der Waals surface area contributed by atoms with Crippen molar-refractivity contribution in [3.05, 3.63) is 54.1 Å². The minimum absolute atomic E-state index is 0.0130. The zero-order valence-corrected chi connectivity index (χ0v) is 15.4. The molecule has 2 N–H and O–H groups in total. The molecule has 4 rings (SSSR count). The molecular formula is C19H24N4O2S. The zero-order valence-electron chi connectivity index (χ0n) is 14.6. The fourth-order valence-electron chi connectivity index (χ4n) is 3.95. The molecule has 0 saturated carbocycles. The fraction of sp³-hybridized carbons (Fsp3) is 0.474. The van der Waals surface area contributed by atoms with Crippen LogP contribution in [0.15, 0.2) is 42.7 Å². The molecule has 0 radical (unpaired) electrons. The van der Waals surface area contributed by atoms with Gasteiger partial charge in [-0.2, -0.15) is 0 Å². The number of rotatable bonds is 6. The minimum Gasteiger partial charge on any atom is -0.395 e. The van der Waals surface area contributed by atoms with Crippen molar-refractivity contribution in [1.82, 2.24) is 19.8 Å². The highest BCUT2D eigenvalue weighted by Gasteiger charge is 2.40. The maximum atomic E-state index is 9.54. The second kappa shape index (κ2) is 7.73. The fourth-order valence-corrected chi connectivity index (χ4v) is 4.28. The Balaban J connectivity index is 1.68. The first-order valence-electron chi connectivity index (χ1n) is 9.13. The van der Waals surface area contributed by atoms with E-state index >= 15 is 0 Å². The SMILES string of the molecule is OCCN1C(=S)NC(c2ccccn2)C1c1cccn1CC1CCCO1. The molecule has 0 spiro atoms. The van der Waals surface area contributed by atoms with Gasteiger partial charge in [0.1, 0.15) is 0 Å². The summed E-state index contributed by atoms with van der Waals surface area (Å²) < 4.78 is 8.08. The Kier molecular flexibility index (Phi) is 5.19. The standard InChI is InChI=1S/C19H24N4O2S/c24-11-10-23-18(17(21-19(23)26)15-6-1-2-8-20-15)16-7-3-9-22(16)13-14-5-4-12-25-14/h1-3,6-9,14,17-18,24H,4-5,10-13H2,(H,21,26). The third kappa shape index (κ3) is 3.34. The van der Waals surface area contributed by atoms with Crippen molar-refractivity contribution in [1.29, 1.82) is 0 Å². The summed E-state index contributed by atoms with van der Waals surface area (Å²) in [6, 6.07) is 10.1. The summed E-state index contributed by atoms with van der Waals surface area (Å²) in [6.07, 6.45) is 6.40. The lowest BCUT2D eigenvalue weighted by molar-refractivity contribution is 0.0951. The first-order chi connectivity index (χ1) is 12.8. The molecular weight excluding hydrogens is 348 g/mol. The molecule has 3 atom stereocenters. The lowest BCUT2D eigenvalue weighted by Gasteiger charge is -2.28. The Labute approximate surface area is 158 Å². The smallest absolute Gasteiger partial charge is 0.170 e. The van der Waals surface area contributed by atoms with Gasteiger partial charge in [-0.1, -0.05) is 6.07 Å². The number of aliphatic hydroxyl groups excluding tert-OH is 1. The highest BCUT2D eigenvalue weighted by atomic mass is 32.1.